The molecule has 30 heavy (non-hydrogen) atoms. The van der Waals surface area contributed by atoms with Gasteiger partial charge in [-0.3, -0.25) is 9.59 Å². The zero-order valence-electron chi connectivity index (χ0n) is 18.1. The lowest BCUT2D eigenvalue weighted by atomic mass is 9.91. The maximum absolute atomic E-state index is 12.8. The second kappa shape index (κ2) is 10.3. The molecule has 162 valence electrons. The molecule has 0 aromatic carbocycles. The summed E-state index contributed by atoms with van der Waals surface area (Å²) in [4.78, 5) is 36.7. The Balaban J connectivity index is 2.01. The summed E-state index contributed by atoms with van der Waals surface area (Å²) in [5.74, 6) is -1.94. The number of amides is 1. The number of rotatable bonds is 8. The van der Waals surface area contributed by atoms with Gasteiger partial charge in [-0.25, -0.2) is 4.79 Å². The van der Waals surface area contributed by atoms with Crippen LogP contribution in [0.3, 0.4) is 0 Å². The van der Waals surface area contributed by atoms with Crippen LogP contribution in [0, 0.1) is 5.92 Å². The molecule has 3 atom stereocenters. The smallest absolute Gasteiger partial charge is 0.337 e. The van der Waals surface area contributed by atoms with Crippen LogP contribution in [-0.2, 0) is 28.6 Å². The molecule has 1 N–H and O–H groups in total. The number of hydrogen-bond donors (Lipinski definition) is 1. The third-order valence-electron chi connectivity index (χ3n) is 5.23. The number of Topliss-reactive ketones (excluding diaryl/α,β-unsaturated/α-hetero) is 1. The van der Waals surface area contributed by atoms with E-state index in [-0.39, 0.29) is 11.7 Å². The summed E-state index contributed by atoms with van der Waals surface area (Å²) in [5.41, 5.74) is 0.889. The Hall–Kier alpha value is -2.77. The first kappa shape index (κ1) is 23.5. The summed E-state index contributed by atoms with van der Waals surface area (Å²) < 4.78 is 15.8. The topological polar surface area (TPSA) is 90.9 Å². The first-order valence-corrected chi connectivity index (χ1v) is 9.77. The Labute approximate surface area is 177 Å². The van der Waals surface area contributed by atoms with Crippen LogP contribution < -0.4 is 5.32 Å². The van der Waals surface area contributed by atoms with E-state index in [0.29, 0.717) is 24.2 Å². The van der Waals surface area contributed by atoms with E-state index in [9.17, 15) is 14.4 Å². The first-order chi connectivity index (χ1) is 14.3. The van der Waals surface area contributed by atoms with Crippen molar-refractivity contribution in [2.24, 2.45) is 5.92 Å². The van der Waals surface area contributed by atoms with Crippen molar-refractivity contribution in [3.05, 3.63) is 59.3 Å². The molecule has 7 heteroatoms. The number of methoxy groups -OCH3 is 2. The van der Waals surface area contributed by atoms with E-state index in [0.717, 1.165) is 5.57 Å². The molecule has 0 aromatic heterocycles. The monoisotopic (exact) mass is 415 g/mol. The van der Waals surface area contributed by atoms with Crippen LogP contribution in [0.15, 0.2) is 59.3 Å². The summed E-state index contributed by atoms with van der Waals surface area (Å²) in [5, 5.41) is 2.78. The largest absolute Gasteiger partial charge is 0.465 e. The highest BCUT2D eigenvalue weighted by Gasteiger charge is 2.60. The number of nitrogens with one attached hydrogen (secondary N) is 1. The van der Waals surface area contributed by atoms with Gasteiger partial charge in [0.15, 0.2) is 11.5 Å². The number of hydrogen-bond acceptors (Lipinski definition) is 6. The molecule has 2 saturated heterocycles. The van der Waals surface area contributed by atoms with E-state index in [1.165, 1.54) is 14.2 Å². The van der Waals surface area contributed by atoms with Gasteiger partial charge in [-0.15, -0.1) is 0 Å². The fourth-order valence-corrected chi connectivity index (χ4v) is 3.53. The predicted octanol–water partition coefficient (Wildman–Crippen LogP) is 2.56. The molecule has 2 aliphatic rings. The Kier molecular flexibility index (Phi) is 8.08. The van der Waals surface area contributed by atoms with Crippen LogP contribution in [0.25, 0.3) is 0 Å². The fourth-order valence-electron chi connectivity index (χ4n) is 3.53. The summed E-state index contributed by atoms with van der Waals surface area (Å²) in [7, 11) is 2.85. The van der Waals surface area contributed by atoms with E-state index < -0.39 is 23.7 Å². The highest BCUT2D eigenvalue weighted by molar-refractivity contribution is 6.11. The van der Waals surface area contributed by atoms with Crippen LogP contribution >= 0.6 is 0 Å². The molecule has 0 saturated carbocycles. The lowest BCUT2D eigenvalue weighted by molar-refractivity contribution is -0.136. The number of ketones is 1. The number of carbonyl (C=O) groups is 3. The Morgan fingerprint density at radius 3 is 2.57 bits per heavy atom. The van der Waals surface area contributed by atoms with Crippen molar-refractivity contribution in [1.82, 2.24) is 5.32 Å². The number of carbonyl (C=O) groups excluding carboxylic acids is 3. The summed E-state index contributed by atoms with van der Waals surface area (Å²) in [6.07, 6.45) is 12.1. The standard InChI is InChI=1S/C23H29NO6/c1-6-17(22(27)28-4)14-15(2)10-8-7-9-11-16(3)19(25)18-20-23(29-5,12-13-30-20)24-21(18)26/h6-11,14,18,20H,12-13H2,1-5H3,(H,24,26)/b9-7+,10-8+,15-14+,16-11+,17-6+/t18-,20+,23-/m0/s1. The molecule has 2 rings (SSSR count). The molecule has 0 bridgehead atoms. The SMILES string of the molecule is C\C=C(/C=C(C)/C=C/C=C/C=C(\C)C(=O)[C@@H]1C(=O)N[C@]2(OC)CCO[C@H]12)C(=O)OC. The molecule has 2 aliphatic heterocycles. The van der Waals surface area contributed by atoms with Crippen molar-refractivity contribution >= 4 is 17.7 Å². The summed E-state index contributed by atoms with van der Waals surface area (Å²) in [6.45, 7) is 5.74. The summed E-state index contributed by atoms with van der Waals surface area (Å²) in [6, 6.07) is 0. The van der Waals surface area contributed by atoms with Crippen molar-refractivity contribution in [2.75, 3.05) is 20.8 Å². The van der Waals surface area contributed by atoms with Crippen LogP contribution in [0.1, 0.15) is 27.2 Å². The van der Waals surface area contributed by atoms with Gasteiger partial charge in [-0.1, -0.05) is 42.0 Å². The van der Waals surface area contributed by atoms with Crippen LogP contribution in [-0.4, -0.2) is 50.3 Å². The second-order valence-electron chi connectivity index (χ2n) is 7.18. The first-order valence-electron chi connectivity index (χ1n) is 9.77. The van der Waals surface area contributed by atoms with Crippen molar-refractivity contribution in [3.63, 3.8) is 0 Å². The average Bonchev–Trinajstić information content (AvgIpc) is 3.25. The van der Waals surface area contributed by atoms with E-state index in [1.807, 2.05) is 13.0 Å². The van der Waals surface area contributed by atoms with Crippen LogP contribution in [0.5, 0.6) is 0 Å². The Bertz CT molecular complexity index is 848. The van der Waals surface area contributed by atoms with Gasteiger partial charge in [0.2, 0.25) is 5.91 Å². The molecule has 7 nitrogen and oxygen atoms in total. The van der Waals surface area contributed by atoms with Crippen molar-refractivity contribution in [2.45, 2.75) is 39.0 Å². The van der Waals surface area contributed by atoms with E-state index >= 15 is 0 Å². The van der Waals surface area contributed by atoms with Gasteiger partial charge in [0.25, 0.3) is 0 Å². The maximum atomic E-state index is 12.8. The Morgan fingerprint density at radius 1 is 1.20 bits per heavy atom. The average molecular weight is 415 g/mol. The number of ether oxygens (including phenoxy) is 3. The maximum Gasteiger partial charge on any atom is 0.337 e. The van der Waals surface area contributed by atoms with Gasteiger partial charge >= 0.3 is 5.97 Å². The van der Waals surface area contributed by atoms with Gasteiger partial charge in [-0.2, -0.15) is 0 Å². The molecular formula is C23H29NO6. The van der Waals surface area contributed by atoms with Gasteiger partial charge in [0, 0.05) is 13.5 Å². The van der Waals surface area contributed by atoms with E-state index in [4.69, 9.17) is 14.2 Å². The number of allylic oxidation sites excluding steroid dienone is 8. The minimum Gasteiger partial charge on any atom is -0.465 e. The van der Waals surface area contributed by atoms with Crippen LogP contribution in [0.4, 0.5) is 0 Å². The van der Waals surface area contributed by atoms with Gasteiger partial charge < -0.3 is 19.5 Å². The zero-order valence-corrected chi connectivity index (χ0v) is 18.1. The van der Waals surface area contributed by atoms with E-state index in [1.54, 1.807) is 50.3 Å². The lowest BCUT2D eigenvalue weighted by Crippen LogP contribution is -2.47. The number of esters is 1. The normalized spacial score (nSPS) is 27.6. The third kappa shape index (κ3) is 5.04. The second-order valence-corrected chi connectivity index (χ2v) is 7.18. The minimum atomic E-state index is -0.907. The van der Waals surface area contributed by atoms with Gasteiger partial charge in [0.05, 0.1) is 19.3 Å². The fraction of sp³-hybridized carbons (Fsp3) is 0.435. The lowest BCUT2D eigenvalue weighted by Gasteiger charge is -2.26. The molecule has 0 unspecified atom stereocenters. The quantitative estimate of drug-likeness (QED) is 0.284. The van der Waals surface area contributed by atoms with Gasteiger partial charge in [-0.05, 0) is 32.4 Å². The Morgan fingerprint density at radius 2 is 1.93 bits per heavy atom. The van der Waals surface area contributed by atoms with E-state index in [2.05, 4.69) is 5.32 Å². The highest BCUT2D eigenvalue weighted by Crippen LogP contribution is 2.38. The van der Waals surface area contributed by atoms with Crippen molar-refractivity contribution < 1.29 is 28.6 Å². The van der Waals surface area contributed by atoms with Crippen molar-refractivity contribution in [1.29, 1.82) is 0 Å². The molecule has 1 amide bonds. The predicted molar refractivity (Wildman–Crippen MR) is 112 cm³/mol. The highest BCUT2D eigenvalue weighted by atomic mass is 16.6. The minimum absolute atomic E-state index is 0.279. The molecular weight excluding hydrogens is 386 g/mol. The van der Waals surface area contributed by atoms with Crippen LogP contribution in [0.2, 0.25) is 0 Å². The van der Waals surface area contributed by atoms with Crippen molar-refractivity contribution in [3.8, 4) is 0 Å². The zero-order chi connectivity index (χ0) is 22.3. The molecule has 0 aliphatic carbocycles. The summed E-state index contributed by atoms with van der Waals surface area (Å²) >= 11 is 0. The molecule has 2 fully saturated rings. The molecule has 0 radical (unpaired) electrons. The number of fused-ring (bicyclic) bond motifs is 1. The third-order valence-corrected chi connectivity index (χ3v) is 5.23. The molecule has 0 spiro atoms. The molecule has 2 heterocycles. The molecule has 0 aromatic rings. The van der Waals surface area contributed by atoms with Gasteiger partial charge in [0.1, 0.15) is 12.0 Å².